The van der Waals surface area contributed by atoms with Gasteiger partial charge in [0.1, 0.15) is 11.8 Å². The number of halogens is 3. The summed E-state index contributed by atoms with van der Waals surface area (Å²) in [5.41, 5.74) is 2.79. The van der Waals surface area contributed by atoms with Crippen LogP contribution >= 0.6 is 0 Å². The predicted molar refractivity (Wildman–Crippen MR) is 165 cm³/mol. The Labute approximate surface area is 265 Å². The second-order valence-electron chi connectivity index (χ2n) is 15.7. The average Bonchev–Trinajstić information content (AvgIpc) is 3.26. The van der Waals surface area contributed by atoms with E-state index >= 15 is 0 Å². The zero-order valence-electron chi connectivity index (χ0n) is 27.6. The molecular formula is C34H47F3N2O5Si. The Kier molecular flexibility index (Phi) is 8.24. The van der Waals surface area contributed by atoms with Crippen molar-refractivity contribution in [2.45, 2.75) is 121 Å². The minimum atomic E-state index is -4.56. The van der Waals surface area contributed by atoms with Gasteiger partial charge in [-0.05, 0) is 48.9 Å². The predicted octanol–water partition coefficient (Wildman–Crippen LogP) is 7.79. The van der Waals surface area contributed by atoms with E-state index in [1.807, 2.05) is 0 Å². The van der Waals surface area contributed by atoms with E-state index in [-0.39, 0.29) is 22.5 Å². The first kappa shape index (κ1) is 32.9. The van der Waals surface area contributed by atoms with E-state index in [0.29, 0.717) is 69.8 Å². The van der Waals surface area contributed by atoms with Crippen molar-refractivity contribution in [3.8, 4) is 0 Å². The van der Waals surface area contributed by atoms with Gasteiger partial charge in [0.2, 0.25) is 5.69 Å². The summed E-state index contributed by atoms with van der Waals surface area (Å²) in [5, 5.41) is 14.8. The standard InChI is InChI=1S/C34H47F3N2O5Si/c1-31(2,3)45(6,7)44-24-19-32(4,5)18-23-26(24)28-27(29(39(23)40)21-10-14-41-15-11-21)30(43-33(28)12-16-42-17-13-33)22-8-9-25(38-20-22)34(35,36)37/h8-9,20-21,24,30H,10-19H2,1-7H3/t24-,30+/m0/s1. The first-order chi connectivity index (χ1) is 20.9. The van der Waals surface area contributed by atoms with E-state index in [9.17, 15) is 18.4 Å². The molecule has 5 heterocycles. The third-order valence-electron chi connectivity index (χ3n) is 10.9. The van der Waals surface area contributed by atoms with Crippen LogP contribution in [0.5, 0.6) is 0 Å². The molecule has 45 heavy (non-hydrogen) atoms. The molecule has 0 aromatic carbocycles. The lowest BCUT2D eigenvalue weighted by molar-refractivity contribution is -0.627. The first-order valence-corrected chi connectivity index (χ1v) is 19.2. The molecule has 4 aliphatic rings. The maximum atomic E-state index is 14.9. The molecule has 1 aliphatic carbocycles. The van der Waals surface area contributed by atoms with Crippen LogP contribution < -0.4 is 4.73 Å². The quantitative estimate of drug-likeness (QED) is 0.191. The number of ether oxygens (including phenoxy) is 3. The molecule has 0 saturated carbocycles. The molecule has 0 amide bonds. The summed E-state index contributed by atoms with van der Waals surface area (Å²) in [6, 6.07) is 2.47. The van der Waals surface area contributed by atoms with Gasteiger partial charge in [0.05, 0.1) is 22.8 Å². The van der Waals surface area contributed by atoms with E-state index in [2.05, 4.69) is 52.7 Å². The van der Waals surface area contributed by atoms with Crippen LogP contribution in [0, 0.1) is 10.6 Å². The third kappa shape index (κ3) is 5.85. The van der Waals surface area contributed by atoms with Crippen LogP contribution in [0.25, 0.3) is 0 Å². The van der Waals surface area contributed by atoms with Crippen molar-refractivity contribution >= 4 is 8.32 Å². The molecule has 3 aliphatic heterocycles. The number of pyridine rings is 2. The highest BCUT2D eigenvalue weighted by molar-refractivity contribution is 6.74. The fraction of sp³-hybridized carbons (Fsp3) is 0.706. The molecule has 11 heteroatoms. The van der Waals surface area contributed by atoms with Crippen LogP contribution in [0.4, 0.5) is 13.2 Å². The van der Waals surface area contributed by atoms with Gasteiger partial charge in [-0.15, -0.1) is 0 Å². The molecule has 248 valence electrons. The fourth-order valence-corrected chi connectivity index (χ4v) is 8.81. The Balaban J connectivity index is 1.64. The van der Waals surface area contributed by atoms with Crippen LogP contribution in [0.15, 0.2) is 18.3 Å². The second-order valence-corrected chi connectivity index (χ2v) is 20.5. The molecule has 2 aromatic rings. The topological polar surface area (TPSA) is 76.8 Å². The second kappa shape index (κ2) is 11.3. The summed E-state index contributed by atoms with van der Waals surface area (Å²) < 4.78 is 67.6. The summed E-state index contributed by atoms with van der Waals surface area (Å²) >= 11 is 0. The van der Waals surface area contributed by atoms with Crippen LogP contribution in [-0.4, -0.2) is 39.7 Å². The number of nitrogens with zero attached hydrogens (tertiary/aromatic N) is 2. The minimum absolute atomic E-state index is 0.0469. The highest BCUT2D eigenvalue weighted by atomic mass is 28.4. The molecule has 6 rings (SSSR count). The highest BCUT2D eigenvalue weighted by Crippen LogP contribution is 2.59. The Morgan fingerprint density at radius 3 is 2.22 bits per heavy atom. The number of aromatic nitrogens is 2. The van der Waals surface area contributed by atoms with Crippen molar-refractivity contribution in [1.29, 1.82) is 0 Å². The van der Waals surface area contributed by atoms with Gasteiger partial charge in [-0.2, -0.15) is 17.9 Å². The van der Waals surface area contributed by atoms with E-state index in [1.165, 1.54) is 17.0 Å². The molecule has 0 radical (unpaired) electrons. The zero-order chi connectivity index (χ0) is 32.6. The Hall–Kier alpha value is -2.05. The molecule has 2 atom stereocenters. The van der Waals surface area contributed by atoms with Gasteiger partial charge in [0.25, 0.3) is 0 Å². The molecule has 7 nitrogen and oxygen atoms in total. The molecule has 0 unspecified atom stereocenters. The lowest BCUT2D eigenvalue weighted by Crippen LogP contribution is -2.50. The number of hydrogen-bond donors (Lipinski definition) is 0. The van der Waals surface area contributed by atoms with Gasteiger partial charge in [0.15, 0.2) is 14.0 Å². The Morgan fingerprint density at radius 1 is 1.00 bits per heavy atom. The van der Waals surface area contributed by atoms with Crippen LogP contribution in [0.1, 0.15) is 124 Å². The lowest BCUT2D eigenvalue weighted by Gasteiger charge is -2.45. The smallest absolute Gasteiger partial charge is 0.433 e. The Morgan fingerprint density at radius 2 is 1.64 bits per heavy atom. The largest absolute Gasteiger partial charge is 0.618 e. The van der Waals surface area contributed by atoms with Gasteiger partial charge in [-0.25, -0.2) is 0 Å². The molecule has 1 spiro atoms. The number of hydrogen-bond acceptors (Lipinski definition) is 6. The maximum Gasteiger partial charge on any atom is 0.433 e. The summed E-state index contributed by atoms with van der Waals surface area (Å²) in [6.45, 7) is 17.6. The van der Waals surface area contributed by atoms with Gasteiger partial charge >= 0.3 is 6.18 Å². The summed E-state index contributed by atoms with van der Waals surface area (Å²) in [7, 11) is -2.30. The van der Waals surface area contributed by atoms with Gasteiger partial charge in [0, 0.05) is 68.9 Å². The highest BCUT2D eigenvalue weighted by Gasteiger charge is 2.57. The molecule has 2 aromatic heterocycles. The molecular weight excluding hydrogens is 601 g/mol. The van der Waals surface area contributed by atoms with E-state index in [4.69, 9.17) is 18.6 Å². The fourth-order valence-electron chi connectivity index (χ4n) is 7.55. The minimum Gasteiger partial charge on any atom is -0.618 e. The van der Waals surface area contributed by atoms with Crippen molar-refractivity contribution in [1.82, 2.24) is 4.98 Å². The van der Waals surface area contributed by atoms with Crippen LogP contribution in [0.3, 0.4) is 0 Å². The maximum absolute atomic E-state index is 14.9. The third-order valence-corrected chi connectivity index (χ3v) is 15.4. The molecule has 2 saturated heterocycles. The first-order valence-electron chi connectivity index (χ1n) is 16.3. The van der Waals surface area contributed by atoms with Gasteiger partial charge in [-0.1, -0.05) is 40.7 Å². The van der Waals surface area contributed by atoms with Crippen LogP contribution in [-0.2, 0) is 36.8 Å². The van der Waals surface area contributed by atoms with Crippen molar-refractivity contribution in [2.24, 2.45) is 5.41 Å². The summed E-state index contributed by atoms with van der Waals surface area (Å²) in [6.07, 6.45) is -0.420. The van der Waals surface area contributed by atoms with Crippen molar-refractivity contribution in [2.75, 3.05) is 26.4 Å². The van der Waals surface area contributed by atoms with E-state index in [1.54, 1.807) is 0 Å². The number of alkyl halides is 3. The molecule has 2 fully saturated rings. The lowest BCUT2D eigenvalue weighted by atomic mass is 9.69. The van der Waals surface area contributed by atoms with E-state index < -0.39 is 31.9 Å². The van der Waals surface area contributed by atoms with E-state index in [0.717, 1.165) is 34.9 Å². The number of fused-ring (bicyclic) bond motifs is 4. The van der Waals surface area contributed by atoms with Gasteiger partial charge in [-0.3, -0.25) is 4.98 Å². The monoisotopic (exact) mass is 648 g/mol. The molecule has 0 N–H and O–H groups in total. The summed E-state index contributed by atoms with van der Waals surface area (Å²) in [5.74, 6) is -0.0661. The normalized spacial score (nSPS) is 25.3. The molecule has 0 bridgehead atoms. The SMILES string of the molecule is CC1(C)Cc2c(c3c(c(C4CCOCC4)[n+]2[O-])[C@@H](c2ccc(C(F)(F)F)nc2)OC32CCOCC2)[C@@H](O[Si](C)(C)C(C)(C)C)C1. The van der Waals surface area contributed by atoms with Gasteiger partial charge < -0.3 is 23.8 Å². The zero-order valence-corrected chi connectivity index (χ0v) is 28.6. The Bertz CT molecular complexity index is 1430. The summed E-state index contributed by atoms with van der Waals surface area (Å²) in [4.78, 5) is 3.81. The van der Waals surface area contributed by atoms with Crippen molar-refractivity contribution in [3.05, 3.63) is 62.9 Å². The van der Waals surface area contributed by atoms with Crippen molar-refractivity contribution < 1.29 is 36.5 Å². The number of rotatable bonds is 4. The van der Waals surface area contributed by atoms with Crippen molar-refractivity contribution in [3.63, 3.8) is 0 Å². The van der Waals surface area contributed by atoms with Crippen LogP contribution in [0.2, 0.25) is 18.1 Å². The average molecular weight is 649 g/mol.